The third kappa shape index (κ3) is 3.52. The monoisotopic (exact) mass is 344 g/mol. The van der Waals surface area contributed by atoms with E-state index in [9.17, 15) is 9.59 Å². The Kier molecular flexibility index (Phi) is 4.43. The molecule has 3 aromatic rings. The van der Waals surface area contributed by atoms with Crippen LogP contribution >= 0.6 is 11.6 Å². The maximum Gasteiger partial charge on any atom is 0.271 e. The minimum Gasteiger partial charge on any atom is -0.336 e. The molecule has 0 saturated heterocycles. The van der Waals surface area contributed by atoms with Gasteiger partial charge in [-0.1, -0.05) is 28.9 Å². The fourth-order valence-corrected chi connectivity index (χ4v) is 2.23. The van der Waals surface area contributed by atoms with Crippen LogP contribution in [0.5, 0.6) is 0 Å². The molecule has 122 valence electrons. The predicted molar refractivity (Wildman–Crippen MR) is 87.3 cm³/mol. The smallest absolute Gasteiger partial charge is 0.271 e. The lowest BCUT2D eigenvalue weighted by Gasteiger charge is -2.07. The highest BCUT2D eigenvalue weighted by Gasteiger charge is 2.12. The summed E-state index contributed by atoms with van der Waals surface area (Å²) >= 11 is 5.79. The summed E-state index contributed by atoms with van der Waals surface area (Å²) < 4.78 is 4.98. The summed E-state index contributed by atoms with van der Waals surface area (Å²) in [6.07, 6.45) is 1.48. The van der Waals surface area contributed by atoms with Gasteiger partial charge in [0, 0.05) is 11.2 Å². The van der Waals surface area contributed by atoms with Crippen molar-refractivity contribution in [2.45, 2.75) is 13.3 Å². The standard InChI is InChI=1S/C16H13ClN4O3/c1-9-13-7-11(8-18-16(13)24-21-9)15(23)20-19-14(22)6-10-2-4-12(17)5-3-10/h2-5,7-8H,6H2,1H3,(H,19,22)(H,20,23). The molecule has 0 bridgehead atoms. The van der Waals surface area contributed by atoms with Crippen molar-refractivity contribution in [3.05, 3.63) is 58.4 Å². The van der Waals surface area contributed by atoms with E-state index in [-0.39, 0.29) is 12.3 Å². The van der Waals surface area contributed by atoms with Crippen molar-refractivity contribution in [1.82, 2.24) is 21.0 Å². The maximum atomic E-state index is 12.1. The van der Waals surface area contributed by atoms with Gasteiger partial charge in [0.25, 0.3) is 11.6 Å². The highest BCUT2D eigenvalue weighted by molar-refractivity contribution is 6.30. The first-order chi connectivity index (χ1) is 11.5. The Hall–Kier alpha value is -2.93. The zero-order chi connectivity index (χ0) is 17.1. The Labute approximate surface area is 142 Å². The molecule has 2 amide bonds. The fourth-order valence-electron chi connectivity index (χ4n) is 2.10. The van der Waals surface area contributed by atoms with E-state index in [1.165, 1.54) is 6.20 Å². The van der Waals surface area contributed by atoms with Gasteiger partial charge in [-0.15, -0.1) is 0 Å². The first-order valence-electron chi connectivity index (χ1n) is 7.08. The molecule has 0 aliphatic heterocycles. The van der Waals surface area contributed by atoms with Crippen LogP contribution in [0, 0.1) is 6.92 Å². The number of aryl methyl sites for hydroxylation is 1. The molecule has 7 nitrogen and oxygen atoms in total. The Balaban J connectivity index is 1.60. The molecule has 2 aromatic heterocycles. The van der Waals surface area contributed by atoms with Crippen LogP contribution < -0.4 is 10.9 Å². The van der Waals surface area contributed by atoms with Crippen LogP contribution in [-0.4, -0.2) is 22.0 Å². The van der Waals surface area contributed by atoms with Gasteiger partial charge in [0.1, 0.15) is 0 Å². The zero-order valence-corrected chi connectivity index (χ0v) is 13.4. The molecule has 2 N–H and O–H groups in total. The van der Waals surface area contributed by atoms with E-state index in [0.29, 0.717) is 27.4 Å². The second-order valence-corrected chi connectivity index (χ2v) is 5.59. The van der Waals surface area contributed by atoms with Crippen LogP contribution in [0.1, 0.15) is 21.6 Å². The Morgan fingerprint density at radius 3 is 2.71 bits per heavy atom. The van der Waals surface area contributed by atoms with Crippen LogP contribution in [0.15, 0.2) is 41.1 Å². The highest BCUT2D eigenvalue weighted by atomic mass is 35.5. The summed E-state index contributed by atoms with van der Waals surface area (Å²) in [4.78, 5) is 28.0. The molecule has 0 radical (unpaired) electrons. The van der Waals surface area contributed by atoms with Crippen LogP contribution in [0.2, 0.25) is 5.02 Å². The zero-order valence-electron chi connectivity index (χ0n) is 12.7. The van der Waals surface area contributed by atoms with Gasteiger partial charge in [0.05, 0.1) is 23.1 Å². The third-order valence-electron chi connectivity index (χ3n) is 3.37. The van der Waals surface area contributed by atoms with E-state index in [2.05, 4.69) is 21.0 Å². The SMILES string of the molecule is Cc1noc2ncc(C(=O)NNC(=O)Cc3ccc(Cl)cc3)cc12. The first-order valence-corrected chi connectivity index (χ1v) is 7.46. The molecule has 0 saturated carbocycles. The number of nitrogens with one attached hydrogen (secondary N) is 2. The van der Waals surface area contributed by atoms with E-state index < -0.39 is 5.91 Å². The van der Waals surface area contributed by atoms with Gasteiger partial charge < -0.3 is 4.52 Å². The third-order valence-corrected chi connectivity index (χ3v) is 3.62. The summed E-state index contributed by atoms with van der Waals surface area (Å²) in [5, 5.41) is 5.02. The number of aromatic nitrogens is 2. The van der Waals surface area contributed by atoms with Gasteiger partial charge in [0.2, 0.25) is 5.91 Å². The number of amides is 2. The number of pyridine rings is 1. The highest BCUT2D eigenvalue weighted by Crippen LogP contribution is 2.16. The topological polar surface area (TPSA) is 97.1 Å². The van der Waals surface area contributed by atoms with Gasteiger partial charge in [0.15, 0.2) is 0 Å². The molecule has 8 heteroatoms. The van der Waals surface area contributed by atoms with Crippen molar-refractivity contribution in [3.8, 4) is 0 Å². The number of hydrogen-bond acceptors (Lipinski definition) is 5. The summed E-state index contributed by atoms with van der Waals surface area (Å²) in [7, 11) is 0. The molecule has 0 spiro atoms. The number of carbonyl (C=O) groups excluding carboxylic acids is 2. The lowest BCUT2D eigenvalue weighted by atomic mass is 10.1. The largest absolute Gasteiger partial charge is 0.336 e. The number of fused-ring (bicyclic) bond motifs is 1. The second kappa shape index (κ2) is 6.67. The molecule has 2 heterocycles. The predicted octanol–water partition coefficient (Wildman–Crippen LogP) is 2.19. The van der Waals surface area contributed by atoms with Crippen molar-refractivity contribution in [2.75, 3.05) is 0 Å². The summed E-state index contributed by atoms with van der Waals surface area (Å²) in [6, 6.07) is 8.50. The average Bonchev–Trinajstić information content (AvgIpc) is 2.95. The lowest BCUT2D eigenvalue weighted by molar-refractivity contribution is -0.121. The van der Waals surface area contributed by atoms with E-state index in [1.54, 1.807) is 37.3 Å². The van der Waals surface area contributed by atoms with Gasteiger partial charge in [-0.2, -0.15) is 0 Å². The normalized spacial score (nSPS) is 10.6. The summed E-state index contributed by atoms with van der Waals surface area (Å²) in [6.45, 7) is 1.75. The summed E-state index contributed by atoms with van der Waals surface area (Å²) in [5.74, 6) is -0.824. The molecule has 1 aromatic carbocycles. The molecular formula is C16H13ClN4O3. The van der Waals surface area contributed by atoms with Crippen molar-refractivity contribution in [2.24, 2.45) is 0 Å². The van der Waals surface area contributed by atoms with E-state index in [0.717, 1.165) is 5.56 Å². The number of hydrazine groups is 1. The molecule has 0 fully saturated rings. The lowest BCUT2D eigenvalue weighted by Crippen LogP contribution is -2.42. The van der Waals surface area contributed by atoms with Gasteiger partial charge in [-0.3, -0.25) is 20.4 Å². The number of benzene rings is 1. The number of nitrogens with zero attached hydrogens (tertiary/aromatic N) is 2. The minimum atomic E-state index is -0.477. The Morgan fingerprint density at radius 2 is 1.96 bits per heavy atom. The Morgan fingerprint density at radius 1 is 1.21 bits per heavy atom. The molecule has 0 aliphatic carbocycles. The van der Waals surface area contributed by atoms with Gasteiger partial charge in [-0.05, 0) is 30.7 Å². The van der Waals surface area contributed by atoms with Crippen molar-refractivity contribution in [3.63, 3.8) is 0 Å². The molecule has 0 atom stereocenters. The molecular weight excluding hydrogens is 332 g/mol. The fraction of sp³-hybridized carbons (Fsp3) is 0.125. The number of carbonyl (C=O) groups is 2. The maximum absolute atomic E-state index is 12.1. The minimum absolute atomic E-state index is 0.124. The number of halogens is 1. The quantitative estimate of drug-likeness (QED) is 0.710. The average molecular weight is 345 g/mol. The van der Waals surface area contributed by atoms with E-state index >= 15 is 0 Å². The van der Waals surface area contributed by atoms with Crippen molar-refractivity contribution in [1.29, 1.82) is 0 Å². The van der Waals surface area contributed by atoms with Crippen molar-refractivity contribution < 1.29 is 14.1 Å². The van der Waals surface area contributed by atoms with E-state index in [4.69, 9.17) is 16.1 Å². The van der Waals surface area contributed by atoms with Crippen LogP contribution in [0.4, 0.5) is 0 Å². The second-order valence-electron chi connectivity index (χ2n) is 5.15. The molecule has 0 aliphatic rings. The first kappa shape index (κ1) is 15.9. The van der Waals surface area contributed by atoms with Crippen molar-refractivity contribution >= 4 is 34.5 Å². The van der Waals surface area contributed by atoms with Gasteiger partial charge >= 0.3 is 0 Å². The molecule has 0 unspecified atom stereocenters. The number of hydrogen-bond donors (Lipinski definition) is 2. The van der Waals surface area contributed by atoms with Crippen LogP contribution in [0.25, 0.3) is 11.1 Å². The number of rotatable bonds is 3. The molecule has 3 rings (SSSR count). The summed E-state index contributed by atoms with van der Waals surface area (Å²) in [5.41, 5.74) is 6.79. The van der Waals surface area contributed by atoms with Crippen LogP contribution in [0.3, 0.4) is 0 Å². The molecule has 24 heavy (non-hydrogen) atoms. The van der Waals surface area contributed by atoms with Crippen LogP contribution in [-0.2, 0) is 11.2 Å². The van der Waals surface area contributed by atoms with Gasteiger partial charge in [-0.25, -0.2) is 4.98 Å². The van der Waals surface area contributed by atoms with E-state index in [1.807, 2.05) is 0 Å². The Bertz CT molecular complexity index is 905.